The smallest absolute Gasteiger partial charge is 0.297 e. The van der Waals surface area contributed by atoms with E-state index in [2.05, 4.69) is 15.4 Å². The van der Waals surface area contributed by atoms with E-state index < -0.39 is 5.91 Å². The van der Waals surface area contributed by atoms with E-state index in [0.29, 0.717) is 22.3 Å². The maximum atomic E-state index is 13.3. The maximum Gasteiger partial charge on any atom is 0.297 e. The van der Waals surface area contributed by atoms with Crippen LogP contribution in [0.3, 0.4) is 0 Å². The summed E-state index contributed by atoms with van der Waals surface area (Å²) in [6.45, 7) is 0. The van der Waals surface area contributed by atoms with Crippen LogP contribution in [0.2, 0.25) is 0 Å². The monoisotopic (exact) mass is 451 g/mol. The molecule has 1 N–H and O–H groups in total. The minimum Gasteiger partial charge on any atom is -0.326 e. The Labute approximate surface area is 194 Å². The lowest BCUT2D eigenvalue weighted by Gasteiger charge is -2.12. The molecule has 7 nitrogen and oxygen atoms in total. The lowest BCUT2D eigenvalue weighted by Crippen LogP contribution is -2.27. The number of aromatic nitrogens is 2. The molecule has 3 aromatic carbocycles. The van der Waals surface area contributed by atoms with Gasteiger partial charge in [-0.2, -0.15) is 10.1 Å². The highest BCUT2D eigenvalue weighted by molar-refractivity contribution is 7.80. The fourth-order valence-electron chi connectivity index (χ4n) is 3.52. The van der Waals surface area contributed by atoms with E-state index in [1.54, 1.807) is 24.3 Å². The van der Waals surface area contributed by atoms with Crippen molar-refractivity contribution in [3.63, 3.8) is 0 Å². The quantitative estimate of drug-likeness (QED) is 0.292. The lowest BCUT2D eigenvalue weighted by molar-refractivity contribution is -0.122. The Morgan fingerprint density at radius 2 is 1.55 bits per heavy atom. The summed E-state index contributed by atoms with van der Waals surface area (Å²) in [5.74, 6) is -0.115. The van der Waals surface area contributed by atoms with E-state index in [4.69, 9.17) is 12.2 Å². The maximum absolute atomic E-state index is 13.3. The molecule has 0 saturated carbocycles. The second-order valence-electron chi connectivity index (χ2n) is 7.22. The van der Waals surface area contributed by atoms with Gasteiger partial charge in [0, 0.05) is 0 Å². The summed E-state index contributed by atoms with van der Waals surface area (Å²) in [5.41, 5.74) is 2.12. The van der Waals surface area contributed by atoms with Gasteiger partial charge in [-0.25, -0.2) is 4.98 Å². The van der Waals surface area contributed by atoms with Crippen molar-refractivity contribution in [1.29, 1.82) is 0 Å². The summed E-state index contributed by atoms with van der Waals surface area (Å²) in [6.07, 6.45) is 3.08. The number of amides is 1. The summed E-state index contributed by atoms with van der Waals surface area (Å²) in [7, 11) is 0. The van der Waals surface area contributed by atoms with Gasteiger partial charge in [-0.3, -0.25) is 14.2 Å². The average molecular weight is 452 g/mol. The van der Waals surface area contributed by atoms with E-state index in [1.807, 2.05) is 66.7 Å². The number of benzene rings is 3. The van der Waals surface area contributed by atoms with Crippen LogP contribution >= 0.6 is 12.2 Å². The van der Waals surface area contributed by atoms with Crippen LogP contribution in [0, 0.1) is 0 Å². The number of nitrogens with one attached hydrogen (secondary N) is 1. The van der Waals surface area contributed by atoms with Crippen molar-refractivity contribution in [1.82, 2.24) is 19.9 Å². The van der Waals surface area contributed by atoms with E-state index in [1.165, 1.54) is 10.8 Å². The molecule has 1 fully saturated rings. The Morgan fingerprint density at radius 3 is 2.30 bits per heavy atom. The molecule has 160 valence electrons. The average Bonchev–Trinajstić information content (AvgIpc) is 3.11. The van der Waals surface area contributed by atoms with Gasteiger partial charge in [0.05, 0.1) is 22.8 Å². The van der Waals surface area contributed by atoms with Crippen LogP contribution < -0.4 is 10.9 Å². The van der Waals surface area contributed by atoms with Crippen LogP contribution in [0.4, 0.5) is 0 Å². The summed E-state index contributed by atoms with van der Waals surface area (Å²) in [4.78, 5) is 30.8. The molecule has 0 bridgehead atoms. The van der Waals surface area contributed by atoms with E-state index >= 15 is 0 Å². The Balaban J connectivity index is 1.56. The molecule has 0 spiro atoms. The Hall–Kier alpha value is -4.43. The highest BCUT2D eigenvalue weighted by Crippen LogP contribution is 2.16. The van der Waals surface area contributed by atoms with Gasteiger partial charge in [-0.15, -0.1) is 0 Å². The van der Waals surface area contributed by atoms with Gasteiger partial charge in [-0.1, -0.05) is 60.7 Å². The van der Waals surface area contributed by atoms with Gasteiger partial charge < -0.3 is 5.32 Å². The molecule has 0 unspecified atom stereocenters. The van der Waals surface area contributed by atoms with Crippen LogP contribution in [0.5, 0.6) is 0 Å². The van der Waals surface area contributed by atoms with Gasteiger partial charge in [0.1, 0.15) is 5.70 Å². The topological polar surface area (TPSA) is 79.6 Å². The minimum absolute atomic E-state index is 0.146. The predicted octanol–water partition coefficient (Wildman–Crippen LogP) is 3.48. The highest BCUT2D eigenvalue weighted by atomic mass is 32.1. The van der Waals surface area contributed by atoms with Crippen molar-refractivity contribution in [3.05, 3.63) is 112 Å². The van der Waals surface area contributed by atoms with Crippen molar-refractivity contribution < 1.29 is 4.79 Å². The normalized spacial score (nSPS) is 15.0. The third-order valence-electron chi connectivity index (χ3n) is 5.07. The number of nitrogens with zero attached hydrogens (tertiary/aromatic N) is 4. The molecule has 0 radical (unpaired) electrons. The lowest BCUT2D eigenvalue weighted by atomic mass is 10.2. The number of para-hydroxylation sites is 2. The van der Waals surface area contributed by atoms with Gasteiger partial charge >= 0.3 is 0 Å². The summed E-state index contributed by atoms with van der Waals surface area (Å²) < 4.78 is 1.46. The first-order chi connectivity index (χ1) is 16.1. The number of carbonyl (C=O) groups excluding carboxylic acids is 1. The number of carbonyl (C=O) groups is 1. The molecule has 0 atom stereocenters. The van der Waals surface area contributed by atoms with Crippen LogP contribution in [-0.4, -0.2) is 31.8 Å². The molecule has 4 aromatic rings. The van der Waals surface area contributed by atoms with Crippen LogP contribution in [0.15, 0.2) is 101 Å². The van der Waals surface area contributed by atoms with Gasteiger partial charge in [0.2, 0.25) is 5.11 Å². The Bertz CT molecular complexity index is 1490. The molecule has 1 aromatic heterocycles. The van der Waals surface area contributed by atoms with Crippen molar-refractivity contribution in [2.45, 2.75) is 0 Å². The fraction of sp³-hybridized carbons (Fsp3) is 0. The molecule has 1 aliphatic heterocycles. The SMILES string of the molecule is O=C1/C(=C\c2ccccc2)NC(=S)N1/N=C\c1nc2ccccc2c(=O)n1-c1ccccc1. The van der Waals surface area contributed by atoms with Crippen LogP contribution in [-0.2, 0) is 4.79 Å². The molecule has 33 heavy (non-hydrogen) atoms. The molecule has 8 heteroatoms. The number of hydrogen-bond donors (Lipinski definition) is 1. The first-order valence-corrected chi connectivity index (χ1v) is 10.6. The van der Waals surface area contributed by atoms with Gasteiger partial charge in [-0.05, 0) is 48.1 Å². The number of hydrogen-bond acceptors (Lipinski definition) is 5. The Morgan fingerprint density at radius 1 is 0.879 bits per heavy atom. The predicted molar refractivity (Wildman–Crippen MR) is 132 cm³/mol. The van der Waals surface area contributed by atoms with Gasteiger partial charge in [0.25, 0.3) is 11.5 Å². The van der Waals surface area contributed by atoms with Crippen molar-refractivity contribution >= 4 is 46.4 Å². The van der Waals surface area contributed by atoms with Crippen LogP contribution in [0.1, 0.15) is 11.4 Å². The summed E-state index contributed by atoms with van der Waals surface area (Å²) >= 11 is 5.31. The van der Waals surface area contributed by atoms with Gasteiger partial charge in [0.15, 0.2) is 5.82 Å². The summed E-state index contributed by atoms with van der Waals surface area (Å²) in [5, 5.41) is 8.88. The standard InChI is InChI=1S/C25H17N5O2S/c31-23-19-13-7-8-14-20(19)27-22(29(23)18-11-5-2-6-12-18)16-26-30-24(32)21(28-25(30)33)15-17-9-3-1-4-10-17/h1-16H,(H,28,33)/b21-15+,26-16-. The zero-order valence-corrected chi connectivity index (χ0v) is 18.1. The highest BCUT2D eigenvalue weighted by Gasteiger charge is 2.30. The third kappa shape index (κ3) is 3.95. The first-order valence-electron chi connectivity index (χ1n) is 10.2. The fourth-order valence-corrected chi connectivity index (χ4v) is 3.76. The molecule has 2 heterocycles. The number of hydrazone groups is 1. The molecule has 5 rings (SSSR count). The summed E-state index contributed by atoms with van der Waals surface area (Å²) in [6, 6.07) is 25.7. The van der Waals surface area contributed by atoms with E-state index in [0.717, 1.165) is 10.6 Å². The third-order valence-corrected chi connectivity index (χ3v) is 5.35. The van der Waals surface area contributed by atoms with Crippen LogP contribution in [0.25, 0.3) is 22.7 Å². The molecular weight excluding hydrogens is 434 g/mol. The van der Waals surface area contributed by atoms with E-state index in [-0.39, 0.29) is 16.5 Å². The molecule has 1 aliphatic rings. The molecule has 1 saturated heterocycles. The largest absolute Gasteiger partial charge is 0.326 e. The zero-order chi connectivity index (χ0) is 22.8. The second kappa shape index (κ2) is 8.60. The number of fused-ring (bicyclic) bond motifs is 1. The number of thiocarbonyl (C=S) groups is 1. The minimum atomic E-state index is -0.394. The van der Waals surface area contributed by atoms with E-state index in [9.17, 15) is 9.59 Å². The Kier molecular flexibility index (Phi) is 5.34. The molecule has 0 aliphatic carbocycles. The first kappa shape index (κ1) is 20.5. The zero-order valence-electron chi connectivity index (χ0n) is 17.3. The number of rotatable bonds is 4. The van der Waals surface area contributed by atoms with Crippen molar-refractivity contribution in [2.24, 2.45) is 5.10 Å². The molecular formula is C25H17N5O2S. The van der Waals surface area contributed by atoms with Crippen molar-refractivity contribution in [2.75, 3.05) is 0 Å². The van der Waals surface area contributed by atoms with Crippen molar-refractivity contribution in [3.8, 4) is 5.69 Å². The second-order valence-corrected chi connectivity index (χ2v) is 7.61. The molecule has 1 amide bonds.